The Morgan fingerprint density at radius 2 is 1.78 bits per heavy atom. The summed E-state index contributed by atoms with van der Waals surface area (Å²) < 4.78 is 64.7. The maximum Gasteiger partial charge on any atom is 0.418 e. The van der Waals surface area contributed by atoms with Gasteiger partial charge in [0, 0.05) is 31.0 Å². The molecule has 4 N–H and O–H groups in total. The van der Waals surface area contributed by atoms with Crippen molar-refractivity contribution in [3.05, 3.63) is 82.7 Å². The molecule has 0 bridgehead atoms. The number of halogens is 4. The molecular formula is C41H49F4N5O8. The second-order valence-corrected chi connectivity index (χ2v) is 16.4. The third-order valence-electron chi connectivity index (χ3n) is 10.8. The van der Waals surface area contributed by atoms with Crippen molar-refractivity contribution in [3.8, 4) is 0 Å². The van der Waals surface area contributed by atoms with Gasteiger partial charge in [0.15, 0.2) is 6.10 Å². The molecule has 2 aromatic rings. The van der Waals surface area contributed by atoms with E-state index in [1.807, 2.05) is 12.2 Å². The van der Waals surface area contributed by atoms with E-state index in [4.69, 9.17) is 9.47 Å². The van der Waals surface area contributed by atoms with Crippen LogP contribution in [0.4, 0.5) is 27.2 Å². The van der Waals surface area contributed by atoms with Crippen molar-refractivity contribution in [1.82, 2.24) is 25.8 Å². The molecule has 6 rings (SSSR count). The van der Waals surface area contributed by atoms with Crippen LogP contribution in [0.1, 0.15) is 94.1 Å². The number of alkyl carbamates (subject to hydrolysis) is 1. The van der Waals surface area contributed by atoms with Gasteiger partial charge in [-0.3, -0.25) is 19.3 Å². The van der Waals surface area contributed by atoms with E-state index in [1.165, 1.54) is 28.0 Å². The highest BCUT2D eigenvalue weighted by molar-refractivity contribution is 5.98. The minimum absolute atomic E-state index is 0.0196. The Hall–Kier alpha value is -5.19. The van der Waals surface area contributed by atoms with Crippen molar-refractivity contribution in [1.29, 1.82) is 0 Å². The molecule has 1 unspecified atom stereocenters. The smallest absolute Gasteiger partial charge is 0.418 e. The molecule has 17 heteroatoms. The number of amides is 5. The number of carbonyl (C=O) groups is 5. The first-order valence-corrected chi connectivity index (χ1v) is 19.5. The molecule has 0 radical (unpaired) electrons. The summed E-state index contributed by atoms with van der Waals surface area (Å²) in [5.74, 6) is -2.70. The highest BCUT2D eigenvalue weighted by atomic mass is 19.4. The fourth-order valence-corrected chi connectivity index (χ4v) is 7.69. The number of carbonyl (C=O) groups excluding carboxylic acids is 5. The number of hydrogen-bond donors (Lipinski definition) is 4. The van der Waals surface area contributed by atoms with Crippen LogP contribution in [0, 0.1) is 11.7 Å². The minimum Gasteiger partial charge on any atom is -0.444 e. The van der Waals surface area contributed by atoms with Crippen LogP contribution in [0.2, 0.25) is 0 Å². The van der Waals surface area contributed by atoms with Crippen LogP contribution in [0.3, 0.4) is 0 Å². The standard InChI is InChI=1S/C41H49F4N5O8/c1-39(2,3)58-37(55)47-31-13-8-6-4-5-7-11-27-19-40(27,36(54)46-20-24-14-16-25(17-15-24)33(51)41(43,44)45)48-34(52)32-18-28(22-50(32)35(31)53)57-38(56)49-21-26-10-9-12-30(42)29(26)23-49/h7,9-12,14-17,27-28,31-33,51H,4-6,8,13,18-23H2,1-3H3,(H,46,54)(H,47,55)(H,48,52)/b11-7-/t27-,28+,31-,32-,33?,40+/m0/s1. The molecule has 3 aliphatic heterocycles. The Labute approximate surface area is 333 Å². The van der Waals surface area contributed by atoms with Gasteiger partial charge in [0.1, 0.15) is 35.1 Å². The van der Waals surface area contributed by atoms with Crippen molar-refractivity contribution in [2.24, 2.45) is 5.92 Å². The molecule has 314 valence electrons. The predicted octanol–water partition coefficient (Wildman–Crippen LogP) is 5.45. The molecule has 2 aromatic carbocycles. The minimum atomic E-state index is -4.84. The van der Waals surface area contributed by atoms with E-state index in [9.17, 15) is 46.6 Å². The van der Waals surface area contributed by atoms with Gasteiger partial charge in [-0.25, -0.2) is 14.0 Å². The van der Waals surface area contributed by atoms with Crippen molar-refractivity contribution >= 4 is 29.9 Å². The average Bonchev–Trinajstić information content (AvgIpc) is 3.44. The van der Waals surface area contributed by atoms with Gasteiger partial charge in [0.25, 0.3) is 0 Å². The van der Waals surface area contributed by atoms with E-state index in [-0.39, 0.29) is 51.0 Å². The van der Waals surface area contributed by atoms with Gasteiger partial charge in [0.05, 0.1) is 13.1 Å². The number of nitrogens with zero attached hydrogens (tertiary/aromatic N) is 2. The summed E-state index contributed by atoms with van der Waals surface area (Å²) in [6, 6.07) is 7.19. The normalized spacial score (nSPS) is 26.1. The summed E-state index contributed by atoms with van der Waals surface area (Å²) in [6.07, 6.45) is -3.27. The molecular weight excluding hydrogens is 766 g/mol. The number of aliphatic hydroxyl groups is 1. The zero-order valence-corrected chi connectivity index (χ0v) is 32.6. The van der Waals surface area contributed by atoms with E-state index < -0.39 is 83.3 Å². The summed E-state index contributed by atoms with van der Waals surface area (Å²) >= 11 is 0. The van der Waals surface area contributed by atoms with Gasteiger partial charge >= 0.3 is 18.4 Å². The maximum absolute atomic E-state index is 14.5. The van der Waals surface area contributed by atoms with Crippen molar-refractivity contribution in [2.45, 2.75) is 127 Å². The number of nitrogens with one attached hydrogen (secondary N) is 3. The summed E-state index contributed by atoms with van der Waals surface area (Å²) in [5.41, 5.74) is -1.19. The molecule has 13 nitrogen and oxygen atoms in total. The van der Waals surface area contributed by atoms with E-state index in [1.54, 1.807) is 32.9 Å². The fraction of sp³-hybridized carbons (Fsp3) is 0.537. The first-order chi connectivity index (χ1) is 27.3. The number of ether oxygens (including phenoxy) is 2. The number of aliphatic hydroxyl groups excluding tert-OH is 1. The summed E-state index contributed by atoms with van der Waals surface area (Å²) in [6.45, 7) is 4.84. The summed E-state index contributed by atoms with van der Waals surface area (Å²) in [4.78, 5) is 71.6. The van der Waals surface area contributed by atoms with Crippen LogP contribution in [0.5, 0.6) is 0 Å². The van der Waals surface area contributed by atoms with E-state index in [0.717, 1.165) is 18.6 Å². The van der Waals surface area contributed by atoms with Crippen LogP contribution < -0.4 is 16.0 Å². The van der Waals surface area contributed by atoms with Crippen LogP contribution >= 0.6 is 0 Å². The molecule has 5 amide bonds. The van der Waals surface area contributed by atoms with Crippen LogP contribution in [0.25, 0.3) is 0 Å². The number of fused-ring (bicyclic) bond motifs is 3. The molecule has 58 heavy (non-hydrogen) atoms. The topological polar surface area (TPSA) is 167 Å². The highest BCUT2D eigenvalue weighted by Gasteiger charge is 2.61. The van der Waals surface area contributed by atoms with Gasteiger partial charge in [-0.1, -0.05) is 61.4 Å². The monoisotopic (exact) mass is 815 g/mol. The van der Waals surface area contributed by atoms with Gasteiger partial charge in [-0.05, 0) is 69.2 Å². The molecule has 2 fully saturated rings. The Morgan fingerprint density at radius 3 is 2.47 bits per heavy atom. The van der Waals surface area contributed by atoms with Crippen LogP contribution in [0.15, 0.2) is 54.6 Å². The second-order valence-electron chi connectivity index (χ2n) is 16.4. The highest BCUT2D eigenvalue weighted by Crippen LogP contribution is 2.46. The number of rotatable bonds is 6. The maximum atomic E-state index is 14.5. The molecule has 0 spiro atoms. The van der Waals surface area contributed by atoms with Gasteiger partial charge in [-0.15, -0.1) is 0 Å². The molecule has 1 saturated carbocycles. The van der Waals surface area contributed by atoms with Gasteiger partial charge in [0.2, 0.25) is 17.7 Å². The molecule has 4 aliphatic rings. The van der Waals surface area contributed by atoms with E-state index in [2.05, 4.69) is 16.0 Å². The lowest BCUT2D eigenvalue weighted by atomic mass is 10.0. The van der Waals surface area contributed by atoms with Crippen molar-refractivity contribution in [3.63, 3.8) is 0 Å². The quantitative estimate of drug-likeness (QED) is 0.221. The largest absolute Gasteiger partial charge is 0.444 e. The lowest BCUT2D eigenvalue weighted by Crippen LogP contribution is -2.57. The van der Waals surface area contributed by atoms with Gasteiger partial charge < -0.3 is 35.4 Å². The van der Waals surface area contributed by atoms with Crippen molar-refractivity contribution < 1.29 is 56.1 Å². The Morgan fingerprint density at radius 1 is 1.03 bits per heavy atom. The summed E-state index contributed by atoms with van der Waals surface area (Å²) in [7, 11) is 0. The number of benzene rings is 2. The molecule has 6 atom stereocenters. The first-order valence-electron chi connectivity index (χ1n) is 19.5. The van der Waals surface area contributed by atoms with Crippen molar-refractivity contribution in [2.75, 3.05) is 6.54 Å². The Bertz CT molecular complexity index is 1920. The molecule has 1 aliphatic carbocycles. The Kier molecular flexibility index (Phi) is 12.4. The number of alkyl halides is 3. The van der Waals surface area contributed by atoms with Gasteiger partial charge in [-0.2, -0.15) is 13.2 Å². The second kappa shape index (κ2) is 17.0. The number of hydrogen-bond acceptors (Lipinski definition) is 8. The average molecular weight is 816 g/mol. The summed E-state index contributed by atoms with van der Waals surface area (Å²) in [5, 5.41) is 17.9. The van der Waals surface area contributed by atoms with E-state index >= 15 is 0 Å². The molecule has 1 saturated heterocycles. The van der Waals surface area contributed by atoms with Crippen LogP contribution in [-0.2, 0) is 43.5 Å². The predicted molar refractivity (Wildman–Crippen MR) is 200 cm³/mol. The molecule has 3 heterocycles. The third-order valence-corrected chi connectivity index (χ3v) is 10.8. The zero-order valence-electron chi connectivity index (χ0n) is 32.6. The van der Waals surface area contributed by atoms with E-state index in [0.29, 0.717) is 36.0 Å². The Balaban J connectivity index is 1.22. The lowest BCUT2D eigenvalue weighted by Gasteiger charge is -2.30. The lowest BCUT2D eigenvalue weighted by molar-refractivity contribution is -0.206. The first kappa shape index (κ1) is 42.4. The molecule has 0 aromatic heterocycles. The fourth-order valence-electron chi connectivity index (χ4n) is 7.69. The van der Waals surface area contributed by atoms with Crippen LogP contribution in [-0.4, -0.2) is 86.9 Å². The zero-order chi connectivity index (χ0) is 42.0. The SMILES string of the molecule is CC(C)(C)OC(=O)N[C@H]1CCCCC/C=C\[C@H]2C[C@@]2(C(=O)NCc2ccc(C(O)C(F)(F)F)cc2)NC(=O)[C@@H]2C[C@@H](OC(=O)N3Cc4cccc(F)c4C3)CN2C1=O. The third kappa shape index (κ3) is 9.91. The number of allylic oxidation sites excluding steroid dienone is 1.